The SMILES string of the molecule is CNC1CCCCC1Nc1ccc2nnc(Cc3ccc(O)cc3)n2n1. The van der Waals surface area contributed by atoms with Crippen LogP contribution in [0, 0.1) is 0 Å². The van der Waals surface area contributed by atoms with Crippen LogP contribution in [0.25, 0.3) is 5.65 Å². The van der Waals surface area contributed by atoms with Gasteiger partial charge in [0.05, 0.1) is 0 Å². The Morgan fingerprint density at radius 2 is 1.81 bits per heavy atom. The predicted molar refractivity (Wildman–Crippen MR) is 100 cm³/mol. The molecule has 7 nitrogen and oxygen atoms in total. The Kier molecular flexibility index (Phi) is 4.71. The molecule has 1 saturated carbocycles. The minimum Gasteiger partial charge on any atom is -0.508 e. The third-order valence-corrected chi connectivity index (χ3v) is 5.10. The summed E-state index contributed by atoms with van der Waals surface area (Å²) in [5.74, 6) is 1.88. The summed E-state index contributed by atoms with van der Waals surface area (Å²) < 4.78 is 1.80. The van der Waals surface area contributed by atoms with E-state index in [-0.39, 0.29) is 5.75 Å². The number of benzene rings is 1. The number of aromatic hydroxyl groups is 1. The second kappa shape index (κ2) is 7.29. The van der Waals surface area contributed by atoms with Gasteiger partial charge in [-0.05, 0) is 49.7 Å². The van der Waals surface area contributed by atoms with Crippen molar-refractivity contribution in [1.82, 2.24) is 25.1 Å². The van der Waals surface area contributed by atoms with Gasteiger partial charge in [-0.3, -0.25) is 0 Å². The van der Waals surface area contributed by atoms with Crippen LogP contribution in [0.5, 0.6) is 5.75 Å². The fourth-order valence-electron chi connectivity index (χ4n) is 3.66. The molecule has 26 heavy (non-hydrogen) atoms. The van der Waals surface area contributed by atoms with Crippen LogP contribution in [0.4, 0.5) is 5.82 Å². The summed E-state index contributed by atoms with van der Waals surface area (Å²) in [6.07, 6.45) is 5.47. The molecule has 136 valence electrons. The second-order valence-corrected chi connectivity index (χ2v) is 6.88. The molecule has 1 aromatic carbocycles. The molecule has 0 saturated heterocycles. The molecule has 1 fully saturated rings. The zero-order chi connectivity index (χ0) is 17.9. The number of aromatic nitrogens is 4. The Hall–Kier alpha value is -2.67. The topological polar surface area (TPSA) is 87.4 Å². The highest BCUT2D eigenvalue weighted by molar-refractivity contribution is 5.45. The zero-order valence-electron chi connectivity index (χ0n) is 14.9. The highest BCUT2D eigenvalue weighted by atomic mass is 16.3. The molecular weight excluding hydrogens is 328 g/mol. The number of nitrogens with one attached hydrogen (secondary N) is 2. The second-order valence-electron chi connectivity index (χ2n) is 6.88. The van der Waals surface area contributed by atoms with E-state index in [0.29, 0.717) is 18.5 Å². The maximum absolute atomic E-state index is 9.43. The summed E-state index contributed by atoms with van der Waals surface area (Å²) in [6.45, 7) is 0. The molecule has 1 aliphatic rings. The lowest BCUT2D eigenvalue weighted by Crippen LogP contribution is -2.44. The van der Waals surface area contributed by atoms with E-state index in [1.54, 1.807) is 16.6 Å². The van der Waals surface area contributed by atoms with Crippen LogP contribution in [0.3, 0.4) is 0 Å². The Morgan fingerprint density at radius 3 is 2.58 bits per heavy atom. The zero-order valence-corrected chi connectivity index (χ0v) is 14.9. The van der Waals surface area contributed by atoms with E-state index in [0.717, 1.165) is 29.3 Å². The maximum Gasteiger partial charge on any atom is 0.178 e. The quantitative estimate of drug-likeness (QED) is 0.653. The fourth-order valence-corrected chi connectivity index (χ4v) is 3.66. The number of hydrogen-bond acceptors (Lipinski definition) is 6. The number of anilines is 1. The average molecular weight is 352 g/mol. The van der Waals surface area contributed by atoms with Gasteiger partial charge in [0, 0.05) is 18.5 Å². The fraction of sp³-hybridized carbons (Fsp3) is 0.421. The van der Waals surface area contributed by atoms with Gasteiger partial charge in [-0.25, -0.2) is 0 Å². The van der Waals surface area contributed by atoms with Crippen LogP contribution in [0.1, 0.15) is 37.1 Å². The summed E-state index contributed by atoms with van der Waals surface area (Å²) in [5, 5.41) is 29.6. The van der Waals surface area contributed by atoms with E-state index in [4.69, 9.17) is 5.10 Å². The van der Waals surface area contributed by atoms with Gasteiger partial charge in [-0.15, -0.1) is 15.3 Å². The van der Waals surface area contributed by atoms with Crippen LogP contribution >= 0.6 is 0 Å². The first-order valence-corrected chi connectivity index (χ1v) is 9.16. The third kappa shape index (κ3) is 3.48. The van der Waals surface area contributed by atoms with Crippen LogP contribution in [-0.4, -0.2) is 44.0 Å². The van der Waals surface area contributed by atoms with Gasteiger partial charge in [-0.1, -0.05) is 25.0 Å². The molecule has 3 N–H and O–H groups in total. The van der Waals surface area contributed by atoms with E-state index in [9.17, 15) is 5.11 Å². The highest BCUT2D eigenvalue weighted by Gasteiger charge is 2.24. The largest absolute Gasteiger partial charge is 0.508 e. The Balaban J connectivity index is 1.57. The summed E-state index contributed by atoms with van der Waals surface area (Å²) in [5.41, 5.74) is 1.79. The van der Waals surface area contributed by atoms with Crippen LogP contribution < -0.4 is 10.6 Å². The van der Waals surface area contributed by atoms with Crippen LogP contribution in [-0.2, 0) is 6.42 Å². The van der Waals surface area contributed by atoms with E-state index in [2.05, 4.69) is 20.8 Å². The monoisotopic (exact) mass is 352 g/mol. The minimum atomic E-state index is 0.260. The van der Waals surface area contributed by atoms with Crippen LogP contribution in [0.2, 0.25) is 0 Å². The summed E-state index contributed by atoms with van der Waals surface area (Å²) in [7, 11) is 2.02. The number of phenolic OH excluding ortho intramolecular Hbond substituents is 1. The van der Waals surface area contributed by atoms with Gasteiger partial charge < -0.3 is 15.7 Å². The van der Waals surface area contributed by atoms with Gasteiger partial charge in [0.15, 0.2) is 11.5 Å². The predicted octanol–water partition coefficient (Wildman–Crippen LogP) is 2.36. The molecule has 3 aromatic rings. The van der Waals surface area contributed by atoms with Crippen molar-refractivity contribution in [3.8, 4) is 5.75 Å². The maximum atomic E-state index is 9.43. The number of hydrogen-bond donors (Lipinski definition) is 3. The molecule has 2 aromatic heterocycles. The van der Waals surface area contributed by atoms with Crippen molar-refractivity contribution < 1.29 is 5.11 Å². The van der Waals surface area contributed by atoms with Crippen molar-refractivity contribution in [3.63, 3.8) is 0 Å². The molecule has 4 rings (SSSR count). The lowest BCUT2D eigenvalue weighted by Gasteiger charge is -2.32. The molecule has 2 unspecified atom stereocenters. The first-order chi connectivity index (χ1) is 12.7. The van der Waals surface area contributed by atoms with Gasteiger partial charge in [-0.2, -0.15) is 4.52 Å². The van der Waals surface area contributed by atoms with Crippen molar-refractivity contribution in [3.05, 3.63) is 47.8 Å². The van der Waals surface area contributed by atoms with Crippen molar-refractivity contribution >= 4 is 11.5 Å². The van der Waals surface area contributed by atoms with Gasteiger partial charge in [0.1, 0.15) is 11.6 Å². The number of likely N-dealkylation sites (N-methyl/N-ethyl adjacent to an activating group) is 1. The molecule has 1 aliphatic carbocycles. The van der Waals surface area contributed by atoms with Gasteiger partial charge >= 0.3 is 0 Å². The standard InChI is InChI=1S/C19H24N6O/c1-20-15-4-2-3-5-16(15)21-17-10-11-18-22-23-19(25(18)24-17)12-13-6-8-14(26)9-7-13/h6-11,15-16,20,26H,2-5,12H2,1H3,(H,21,24). The van der Waals surface area contributed by atoms with Gasteiger partial charge in [0.25, 0.3) is 0 Å². The molecule has 2 heterocycles. The van der Waals surface area contributed by atoms with E-state index < -0.39 is 0 Å². The number of rotatable bonds is 5. The molecule has 0 radical (unpaired) electrons. The molecule has 2 atom stereocenters. The Labute approximate surface area is 152 Å². The normalized spacial score (nSPS) is 20.3. The smallest absolute Gasteiger partial charge is 0.178 e. The Bertz CT molecular complexity index is 875. The molecular formula is C19H24N6O. The van der Waals surface area contributed by atoms with E-state index >= 15 is 0 Å². The van der Waals surface area contributed by atoms with Crippen LogP contribution in [0.15, 0.2) is 36.4 Å². The average Bonchev–Trinajstić information content (AvgIpc) is 3.06. The lowest BCUT2D eigenvalue weighted by molar-refractivity contribution is 0.360. The minimum absolute atomic E-state index is 0.260. The molecule has 0 bridgehead atoms. The summed E-state index contributed by atoms with van der Waals surface area (Å²) in [4.78, 5) is 0. The first-order valence-electron chi connectivity index (χ1n) is 9.16. The first kappa shape index (κ1) is 16.8. The molecule has 7 heteroatoms. The van der Waals surface area contributed by atoms with Gasteiger partial charge in [0.2, 0.25) is 0 Å². The summed E-state index contributed by atoms with van der Waals surface area (Å²) in [6, 6.07) is 11.9. The Morgan fingerprint density at radius 1 is 1.04 bits per heavy atom. The van der Waals surface area contributed by atoms with E-state index in [1.807, 2.05) is 31.3 Å². The van der Waals surface area contributed by atoms with Crippen molar-refractivity contribution in [2.75, 3.05) is 12.4 Å². The molecule has 0 amide bonds. The molecule has 0 spiro atoms. The number of fused-ring (bicyclic) bond motifs is 1. The van der Waals surface area contributed by atoms with Crippen molar-refractivity contribution in [1.29, 1.82) is 0 Å². The number of phenols is 1. The summed E-state index contributed by atoms with van der Waals surface area (Å²) >= 11 is 0. The van der Waals surface area contributed by atoms with E-state index in [1.165, 1.54) is 19.3 Å². The lowest BCUT2D eigenvalue weighted by atomic mass is 9.90. The van der Waals surface area contributed by atoms with Crippen molar-refractivity contribution in [2.24, 2.45) is 0 Å². The van der Waals surface area contributed by atoms with Crippen molar-refractivity contribution in [2.45, 2.75) is 44.2 Å². The molecule has 0 aliphatic heterocycles. The number of nitrogens with zero attached hydrogens (tertiary/aromatic N) is 4. The highest BCUT2D eigenvalue weighted by Crippen LogP contribution is 2.22. The third-order valence-electron chi connectivity index (χ3n) is 5.10.